The van der Waals surface area contributed by atoms with Gasteiger partial charge in [-0.3, -0.25) is 4.79 Å². The molecule has 0 aliphatic carbocycles. The van der Waals surface area contributed by atoms with Gasteiger partial charge in [-0.15, -0.1) is 0 Å². The number of anilines is 1. The van der Waals surface area contributed by atoms with Gasteiger partial charge in [-0.25, -0.2) is 4.68 Å². The molecule has 2 aromatic carbocycles. The summed E-state index contributed by atoms with van der Waals surface area (Å²) in [5.74, 6) is 0.0404. The molecule has 1 fully saturated rings. The Kier molecular flexibility index (Phi) is 3.26. The standard InChI is InChI=1S/C18H18N4O/c19-13-8-9-15-16(12-13)20-22(14-6-2-1-3-7-14)17(15)18(23)21-10-4-5-11-21/h1-3,6-9,12H,4-5,10-11,19H2. The van der Waals surface area contributed by atoms with E-state index in [4.69, 9.17) is 5.73 Å². The molecule has 116 valence electrons. The molecule has 0 unspecified atom stereocenters. The molecule has 0 spiro atoms. The van der Waals surface area contributed by atoms with E-state index in [1.807, 2.05) is 53.4 Å². The van der Waals surface area contributed by atoms with Crippen molar-refractivity contribution in [1.82, 2.24) is 14.7 Å². The number of nitrogens with zero attached hydrogens (tertiary/aromatic N) is 3. The Morgan fingerprint density at radius 2 is 1.78 bits per heavy atom. The van der Waals surface area contributed by atoms with E-state index in [0.717, 1.165) is 42.5 Å². The van der Waals surface area contributed by atoms with Crippen LogP contribution in [0.3, 0.4) is 0 Å². The van der Waals surface area contributed by atoms with Gasteiger partial charge in [0.15, 0.2) is 0 Å². The maximum absolute atomic E-state index is 13.0. The van der Waals surface area contributed by atoms with Crippen LogP contribution in [-0.4, -0.2) is 33.7 Å². The lowest BCUT2D eigenvalue weighted by molar-refractivity contribution is 0.0785. The van der Waals surface area contributed by atoms with Gasteiger partial charge in [-0.2, -0.15) is 5.10 Å². The zero-order chi connectivity index (χ0) is 15.8. The van der Waals surface area contributed by atoms with Gasteiger partial charge in [-0.05, 0) is 43.2 Å². The van der Waals surface area contributed by atoms with Gasteiger partial charge in [0.2, 0.25) is 0 Å². The van der Waals surface area contributed by atoms with Crippen LogP contribution in [0.1, 0.15) is 23.3 Å². The van der Waals surface area contributed by atoms with Crippen molar-refractivity contribution < 1.29 is 4.79 Å². The molecular weight excluding hydrogens is 288 g/mol. The van der Waals surface area contributed by atoms with Crippen LogP contribution in [0.2, 0.25) is 0 Å². The molecule has 5 nitrogen and oxygen atoms in total. The summed E-state index contributed by atoms with van der Waals surface area (Å²) in [5.41, 5.74) is 8.77. The number of nitrogens with two attached hydrogens (primary N) is 1. The molecule has 23 heavy (non-hydrogen) atoms. The number of fused-ring (bicyclic) bond motifs is 1. The average molecular weight is 306 g/mol. The Hall–Kier alpha value is -2.82. The Balaban J connectivity index is 1.93. The molecule has 0 radical (unpaired) electrons. The van der Waals surface area contributed by atoms with Crippen LogP contribution in [0.4, 0.5) is 5.69 Å². The van der Waals surface area contributed by atoms with E-state index in [1.165, 1.54) is 0 Å². The van der Waals surface area contributed by atoms with Crippen LogP contribution >= 0.6 is 0 Å². The molecule has 0 bridgehead atoms. The lowest BCUT2D eigenvalue weighted by Crippen LogP contribution is -2.29. The van der Waals surface area contributed by atoms with Crippen molar-refractivity contribution in [3.63, 3.8) is 0 Å². The lowest BCUT2D eigenvalue weighted by atomic mass is 10.1. The molecule has 1 aromatic heterocycles. The van der Waals surface area contributed by atoms with Crippen LogP contribution in [0, 0.1) is 0 Å². The third-order valence-electron chi connectivity index (χ3n) is 4.29. The van der Waals surface area contributed by atoms with Crippen LogP contribution in [0.5, 0.6) is 0 Å². The number of carbonyl (C=O) groups excluding carboxylic acids is 1. The minimum atomic E-state index is 0.0404. The molecule has 1 amide bonds. The topological polar surface area (TPSA) is 64.2 Å². The fourth-order valence-corrected chi connectivity index (χ4v) is 3.14. The number of likely N-dealkylation sites (tertiary alicyclic amines) is 1. The van der Waals surface area contributed by atoms with E-state index < -0.39 is 0 Å². The van der Waals surface area contributed by atoms with Crippen molar-refractivity contribution in [2.24, 2.45) is 0 Å². The maximum atomic E-state index is 13.0. The predicted octanol–water partition coefficient (Wildman–Crippen LogP) is 2.84. The number of carbonyl (C=O) groups is 1. The lowest BCUT2D eigenvalue weighted by Gasteiger charge is -2.16. The van der Waals surface area contributed by atoms with Gasteiger partial charge < -0.3 is 10.6 Å². The number of para-hydroxylation sites is 1. The second-order valence-corrected chi connectivity index (χ2v) is 5.87. The molecule has 4 rings (SSSR count). The van der Waals surface area contributed by atoms with E-state index >= 15 is 0 Å². The first-order valence-corrected chi connectivity index (χ1v) is 7.87. The SMILES string of the molecule is Nc1ccc2c(C(=O)N3CCCC3)n(-c3ccccc3)nc2c1. The predicted molar refractivity (Wildman–Crippen MR) is 90.6 cm³/mol. The van der Waals surface area contributed by atoms with Gasteiger partial charge in [0.1, 0.15) is 5.69 Å². The van der Waals surface area contributed by atoms with Gasteiger partial charge >= 0.3 is 0 Å². The number of nitrogen functional groups attached to an aromatic ring is 1. The summed E-state index contributed by atoms with van der Waals surface area (Å²) in [6.07, 6.45) is 2.13. The average Bonchev–Trinajstić information content (AvgIpc) is 3.22. The normalized spacial score (nSPS) is 14.5. The van der Waals surface area contributed by atoms with E-state index in [2.05, 4.69) is 5.10 Å². The zero-order valence-electron chi connectivity index (χ0n) is 12.8. The van der Waals surface area contributed by atoms with Crippen molar-refractivity contribution in [3.8, 4) is 5.69 Å². The Morgan fingerprint density at radius 1 is 1.04 bits per heavy atom. The first-order chi connectivity index (χ1) is 11.2. The van der Waals surface area contributed by atoms with E-state index in [-0.39, 0.29) is 5.91 Å². The fraction of sp³-hybridized carbons (Fsp3) is 0.222. The summed E-state index contributed by atoms with van der Waals surface area (Å²) < 4.78 is 1.74. The molecule has 1 aliphatic heterocycles. The van der Waals surface area contributed by atoms with Crippen LogP contribution in [0.15, 0.2) is 48.5 Å². The van der Waals surface area contributed by atoms with Crippen LogP contribution in [-0.2, 0) is 0 Å². The largest absolute Gasteiger partial charge is 0.399 e. The van der Waals surface area contributed by atoms with Gasteiger partial charge in [0.25, 0.3) is 5.91 Å². The second-order valence-electron chi connectivity index (χ2n) is 5.87. The molecule has 2 N–H and O–H groups in total. The van der Waals surface area contributed by atoms with Gasteiger partial charge in [0, 0.05) is 24.2 Å². The summed E-state index contributed by atoms with van der Waals surface area (Å²) in [7, 11) is 0. The molecule has 5 heteroatoms. The smallest absolute Gasteiger partial charge is 0.273 e. The number of aromatic nitrogens is 2. The minimum Gasteiger partial charge on any atom is -0.399 e. The Labute approximate surface area is 134 Å². The highest BCUT2D eigenvalue weighted by Crippen LogP contribution is 2.26. The number of benzene rings is 2. The second kappa shape index (κ2) is 5.43. The van der Waals surface area contributed by atoms with Gasteiger partial charge in [-0.1, -0.05) is 18.2 Å². The van der Waals surface area contributed by atoms with E-state index in [1.54, 1.807) is 4.68 Å². The molecular formula is C18H18N4O. The fourth-order valence-electron chi connectivity index (χ4n) is 3.14. The molecule has 3 aromatic rings. The third kappa shape index (κ3) is 2.34. The highest BCUT2D eigenvalue weighted by molar-refractivity contribution is 6.06. The van der Waals surface area contributed by atoms with Crippen molar-refractivity contribution in [3.05, 3.63) is 54.2 Å². The first-order valence-electron chi connectivity index (χ1n) is 7.87. The zero-order valence-corrected chi connectivity index (χ0v) is 12.8. The van der Waals surface area contributed by atoms with Crippen molar-refractivity contribution in [1.29, 1.82) is 0 Å². The Bertz CT molecular complexity index is 863. The molecule has 0 saturated carbocycles. The molecule has 1 aliphatic rings. The number of rotatable bonds is 2. The first kappa shape index (κ1) is 13.8. The summed E-state index contributed by atoms with van der Waals surface area (Å²) in [4.78, 5) is 14.9. The summed E-state index contributed by atoms with van der Waals surface area (Å²) in [5, 5.41) is 5.47. The molecule has 0 atom stereocenters. The van der Waals surface area contributed by atoms with Gasteiger partial charge in [0.05, 0.1) is 11.2 Å². The number of hydrogen-bond donors (Lipinski definition) is 1. The van der Waals surface area contributed by atoms with Crippen molar-refractivity contribution >= 4 is 22.5 Å². The maximum Gasteiger partial charge on any atom is 0.273 e. The van der Waals surface area contributed by atoms with Crippen molar-refractivity contribution in [2.45, 2.75) is 12.8 Å². The van der Waals surface area contributed by atoms with Crippen LogP contribution < -0.4 is 5.73 Å². The van der Waals surface area contributed by atoms with E-state index in [9.17, 15) is 4.79 Å². The summed E-state index contributed by atoms with van der Waals surface area (Å²) >= 11 is 0. The minimum absolute atomic E-state index is 0.0404. The highest BCUT2D eigenvalue weighted by atomic mass is 16.2. The van der Waals surface area contributed by atoms with Crippen molar-refractivity contribution in [2.75, 3.05) is 18.8 Å². The third-order valence-corrected chi connectivity index (χ3v) is 4.29. The summed E-state index contributed by atoms with van der Waals surface area (Å²) in [6.45, 7) is 1.63. The Morgan fingerprint density at radius 3 is 2.52 bits per heavy atom. The number of hydrogen-bond acceptors (Lipinski definition) is 3. The number of amides is 1. The highest BCUT2D eigenvalue weighted by Gasteiger charge is 2.26. The summed E-state index contributed by atoms with van der Waals surface area (Å²) in [6, 6.07) is 15.3. The monoisotopic (exact) mass is 306 g/mol. The molecule has 1 saturated heterocycles. The molecule has 2 heterocycles. The van der Waals surface area contributed by atoms with E-state index in [0.29, 0.717) is 11.4 Å². The van der Waals surface area contributed by atoms with Crippen LogP contribution in [0.25, 0.3) is 16.6 Å². The quantitative estimate of drug-likeness (QED) is 0.740.